The summed E-state index contributed by atoms with van der Waals surface area (Å²) in [6.45, 7) is 7.52. The standard InChI is InChI=1S/C10H16FN/c1-9(11)4-3-5-10(2)6-7-12-8-10/h3-4,12H,1,5-8H2,2H3/b4-3-. The minimum atomic E-state index is -0.357. The van der Waals surface area contributed by atoms with Crippen molar-refractivity contribution in [2.24, 2.45) is 5.41 Å². The summed E-state index contributed by atoms with van der Waals surface area (Å²) in [6.07, 6.45) is 5.43. The molecule has 0 bridgehead atoms. The average molecular weight is 169 g/mol. The molecule has 0 amide bonds. The van der Waals surface area contributed by atoms with Crippen molar-refractivity contribution in [2.45, 2.75) is 19.8 Å². The highest BCUT2D eigenvalue weighted by atomic mass is 19.1. The molecular formula is C10H16FN. The van der Waals surface area contributed by atoms with Gasteiger partial charge in [0.25, 0.3) is 0 Å². The van der Waals surface area contributed by atoms with Crippen LogP contribution in [0.15, 0.2) is 24.6 Å². The van der Waals surface area contributed by atoms with Crippen LogP contribution in [0.3, 0.4) is 0 Å². The first kappa shape index (κ1) is 9.46. The Kier molecular flexibility index (Phi) is 3.04. The maximum Gasteiger partial charge on any atom is 0.115 e. The summed E-state index contributed by atoms with van der Waals surface area (Å²) in [5, 5.41) is 3.30. The molecule has 68 valence electrons. The van der Waals surface area contributed by atoms with Crippen LogP contribution < -0.4 is 5.32 Å². The molecule has 0 spiro atoms. The van der Waals surface area contributed by atoms with Gasteiger partial charge in [-0.1, -0.05) is 19.6 Å². The molecule has 0 radical (unpaired) electrons. The van der Waals surface area contributed by atoms with E-state index >= 15 is 0 Å². The molecular weight excluding hydrogens is 153 g/mol. The Morgan fingerprint density at radius 1 is 1.75 bits per heavy atom. The maximum absolute atomic E-state index is 12.2. The molecule has 1 N–H and O–H groups in total. The van der Waals surface area contributed by atoms with Gasteiger partial charge in [-0.3, -0.25) is 0 Å². The molecule has 1 heterocycles. The van der Waals surface area contributed by atoms with Gasteiger partial charge in [-0.2, -0.15) is 0 Å². The van der Waals surface area contributed by atoms with E-state index in [1.165, 1.54) is 12.5 Å². The third kappa shape index (κ3) is 2.78. The van der Waals surface area contributed by atoms with Gasteiger partial charge in [-0.25, -0.2) is 4.39 Å². The predicted octanol–water partition coefficient (Wildman–Crippen LogP) is 2.42. The van der Waals surface area contributed by atoms with Crippen LogP contribution in [0.25, 0.3) is 0 Å². The van der Waals surface area contributed by atoms with Crippen LogP contribution in [0.5, 0.6) is 0 Å². The van der Waals surface area contributed by atoms with Gasteiger partial charge < -0.3 is 5.32 Å². The van der Waals surface area contributed by atoms with E-state index in [-0.39, 0.29) is 5.83 Å². The van der Waals surface area contributed by atoms with Crippen molar-refractivity contribution in [2.75, 3.05) is 13.1 Å². The lowest BCUT2D eigenvalue weighted by Crippen LogP contribution is -2.18. The van der Waals surface area contributed by atoms with Crippen LogP contribution in [0.2, 0.25) is 0 Å². The van der Waals surface area contributed by atoms with Crippen molar-refractivity contribution in [3.05, 3.63) is 24.6 Å². The summed E-state index contributed by atoms with van der Waals surface area (Å²) >= 11 is 0. The van der Waals surface area contributed by atoms with Crippen molar-refractivity contribution in [1.82, 2.24) is 5.32 Å². The van der Waals surface area contributed by atoms with Gasteiger partial charge in [0.2, 0.25) is 0 Å². The first-order chi connectivity index (χ1) is 5.62. The van der Waals surface area contributed by atoms with Gasteiger partial charge in [0, 0.05) is 6.54 Å². The Bertz CT molecular complexity index is 190. The fourth-order valence-corrected chi connectivity index (χ4v) is 1.51. The zero-order valence-electron chi connectivity index (χ0n) is 7.57. The van der Waals surface area contributed by atoms with E-state index in [1.807, 2.05) is 6.08 Å². The van der Waals surface area contributed by atoms with E-state index in [9.17, 15) is 4.39 Å². The van der Waals surface area contributed by atoms with E-state index in [2.05, 4.69) is 18.8 Å². The fourth-order valence-electron chi connectivity index (χ4n) is 1.51. The zero-order chi connectivity index (χ0) is 9.03. The molecule has 0 aromatic heterocycles. The molecule has 0 saturated carbocycles. The van der Waals surface area contributed by atoms with Crippen LogP contribution in [0.1, 0.15) is 19.8 Å². The highest BCUT2D eigenvalue weighted by Crippen LogP contribution is 2.28. The minimum Gasteiger partial charge on any atom is -0.316 e. The number of rotatable bonds is 3. The predicted molar refractivity (Wildman–Crippen MR) is 49.6 cm³/mol. The normalized spacial score (nSPS) is 29.8. The smallest absolute Gasteiger partial charge is 0.115 e. The van der Waals surface area contributed by atoms with Crippen LogP contribution >= 0.6 is 0 Å². The Morgan fingerprint density at radius 2 is 2.50 bits per heavy atom. The van der Waals surface area contributed by atoms with E-state index < -0.39 is 0 Å². The summed E-state index contributed by atoms with van der Waals surface area (Å²) < 4.78 is 12.2. The molecule has 2 heteroatoms. The minimum absolute atomic E-state index is 0.325. The molecule has 1 fully saturated rings. The number of halogens is 1. The number of nitrogens with one attached hydrogen (secondary N) is 1. The number of allylic oxidation sites excluding steroid dienone is 3. The van der Waals surface area contributed by atoms with Gasteiger partial charge >= 0.3 is 0 Å². The first-order valence-electron chi connectivity index (χ1n) is 4.34. The van der Waals surface area contributed by atoms with E-state index in [0.29, 0.717) is 5.41 Å². The lowest BCUT2D eigenvalue weighted by atomic mass is 9.86. The molecule has 1 atom stereocenters. The van der Waals surface area contributed by atoms with E-state index in [1.54, 1.807) is 0 Å². The van der Waals surface area contributed by atoms with E-state index in [0.717, 1.165) is 19.5 Å². The Balaban J connectivity index is 2.34. The Labute approximate surface area is 73.4 Å². The summed E-state index contributed by atoms with van der Waals surface area (Å²) in [5.41, 5.74) is 0.325. The average Bonchev–Trinajstić information content (AvgIpc) is 2.35. The molecule has 1 aliphatic heterocycles. The van der Waals surface area contributed by atoms with Crippen molar-refractivity contribution < 1.29 is 4.39 Å². The van der Waals surface area contributed by atoms with Crippen LogP contribution in [-0.2, 0) is 0 Å². The molecule has 1 aliphatic rings. The number of hydrogen-bond acceptors (Lipinski definition) is 1. The number of hydrogen-bond donors (Lipinski definition) is 1. The lowest BCUT2D eigenvalue weighted by Gasteiger charge is -2.19. The third-order valence-corrected chi connectivity index (χ3v) is 2.37. The van der Waals surface area contributed by atoms with Gasteiger partial charge in [-0.05, 0) is 30.9 Å². The molecule has 1 unspecified atom stereocenters. The molecule has 0 aromatic rings. The quantitative estimate of drug-likeness (QED) is 0.640. The second-order valence-corrected chi connectivity index (χ2v) is 3.79. The maximum atomic E-state index is 12.2. The Hall–Kier alpha value is -0.630. The van der Waals surface area contributed by atoms with Crippen molar-refractivity contribution in [3.63, 3.8) is 0 Å². The molecule has 1 nitrogen and oxygen atoms in total. The molecule has 0 aromatic carbocycles. The van der Waals surface area contributed by atoms with Crippen LogP contribution in [0, 0.1) is 5.41 Å². The fraction of sp³-hybridized carbons (Fsp3) is 0.600. The SMILES string of the molecule is C=C(F)/C=C\CC1(C)CCNC1. The molecule has 1 saturated heterocycles. The van der Waals surface area contributed by atoms with Gasteiger partial charge in [0.1, 0.15) is 5.83 Å². The zero-order valence-corrected chi connectivity index (χ0v) is 7.57. The van der Waals surface area contributed by atoms with Gasteiger partial charge in [0.15, 0.2) is 0 Å². The van der Waals surface area contributed by atoms with E-state index in [4.69, 9.17) is 0 Å². The highest BCUT2D eigenvalue weighted by Gasteiger charge is 2.26. The summed E-state index contributed by atoms with van der Waals surface area (Å²) in [7, 11) is 0. The second kappa shape index (κ2) is 3.85. The topological polar surface area (TPSA) is 12.0 Å². The molecule has 12 heavy (non-hydrogen) atoms. The lowest BCUT2D eigenvalue weighted by molar-refractivity contribution is 0.370. The van der Waals surface area contributed by atoms with Gasteiger partial charge in [-0.15, -0.1) is 0 Å². The monoisotopic (exact) mass is 169 g/mol. The van der Waals surface area contributed by atoms with Gasteiger partial charge in [0.05, 0.1) is 0 Å². The Morgan fingerprint density at radius 3 is 3.00 bits per heavy atom. The third-order valence-electron chi connectivity index (χ3n) is 2.37. The van der Waals surface area contributed by atoms with Crippen molar-refractivity contribution in [3.8, 4) is 0 Å². The first-order valence-corrected chi connectivity index (χ1v) is 4.34. The van der Waals surface area contributed by atoms with Crippen LogP contribution in [0.4, 0.5) is 4.39 Å². The van der Waals surface area contributed by atoms with Crippen molar-refractivity contribution in [1.29, 1.82) is 0 Å². The highest BCUT2D eigenvalue weighted by molar-refractivity contribution is 5.07. The second-order valence-electron chi connectivity index (χ2n) is 3.79. The molecule has 0 aliphatic carbocycles. The summed E-state index contributed by atoms with van der Waals surface area (Å²) in [6, 6.07) is 0. The summed E-state index contributed by atoms with van der Waals surface area (Å²) in [5.74, 6) is -0.357. The van der Waals surface area contributed by atoms with Crippen molar-refractivity contribution >= 4 is 0 Å². The summed E-state index contributed by atoms with van der Waals surface area (Å²) in [4.78, 5) is 0. The molecule has 1 rings (SSSR count). The van der Waals surface area contributed by atoms with Crippen LogP contribution in [-0.4, -0.2) is 13.1 Å². The largest absolute Gasteiger partial charge is 0.316 e.